The summed E-state index contributed by atoms with van der Waals surface area (Å²) in [6.45, 7) is 0. The normalized spacial score (nSPS) is 11.8. The van der Waals surface area contributed by atoms with E-state index in [4.69, 9.17) is 5.26 Å². The van der Waals surface area contributed by atoms with Crippen LogP contribution < -0.4 is 0 Å². The number of benzene rings is 2. The highest BCUT2D eigenvalue weighted by molar-refractivity contribution is 7.95. The van der Waals surface area contributed by atoms with Gasteiger partial charge in [-0.25, -0.2) is 0 Å². The predicted molar refractivity (Wildman–Crippen MR) is 72.9 cm³/mol. The molecule has 1 unspecified atom stereocenters. The molecule has 0 spiro atoms. The third kappa shape index (κ3) is 3.12. The summed E-state index contributed by atoms with van der Waals surface area (Å²) < 4.78 is 0. The van der Waals surface area contributed by atoms with E-state index in [9.17, 15) is 0 Å². The minimum atomic E-state index is 0.196. The summed E-state index contributed by atoms with van der Waals surface area (Å²) in [5.74, 6) is 1.06. The Morgan fingerprint density at radius 1 is 1.00 bits per heavy atom. The van der Waals surface area contributed by atoms with E-state index in [1.54, 1.807) is 0 Å². The van der Waals surface area contributed by atoms with E-state index in [-0.39, 0.29) is 10.9 Å². The second-order valence-electron chi connectivity index (χ2n) is 3.90. The Hall–Kier alpha value is -1.72. The van der Waals surface area contributed by atoms with E-state index >= 15 is 0 Å². The molecule has 0 aliphatic heterocycles. The van der Waals surface area contributed by atoms with Crippen LogP contribution in [0.3, 0.4) is 0 Å². The van der Waals surface area contributed by atoms with Gasteiger partial charge in [-0.05, 0) is 24.3 Å². The molecule has 0 saturated heterocycles. The van der Waals surface area contributed by atoms with Crippen molar-refractivity contribution in [1.29, 1.82) is 5.26 Å². The van der Waals surface area contributed by atoms with E-state index in [0.29, 0.717) is 0 Å². The average molecular weight is 240 g/mol. The first-order valence-electron chi connectivity index (χ1n) is 5.46. The van der Waals surface area contributed by atoms with Crippen LogP contribution in [-0.2, 0) is 16.6 Å². The molecule has 0 heterocycles. The van der Waals surface area contributed by atoms with Crippen molar-refractivity contribution in [1.82, 2.24) is 0 Å². The fraction of sp³-hybridized carbons (Fsp3) is 0.133. The second kappa shape index (κ2) is 5.56. The highest BCUT2D eigenvalue weighted by Gasteiger charge is 2.15. The van der Waals surface area contributed by atoms with E-state index in [0.717, 1.165) is 11.3 Å². The van der Waals surface area contributed by atoms with Gasteiger partial charge >= 0.3 is 0 Å². The monoisotopic (exact) mass is 240 g/mol. The molecular formula is C15H14NS+. The molecule has 2 aromatic rings. The zero-order chi connectivity index (χ0) is 12.1. The molecule has 0 radical (unpaired) electrons. The Morgan fingerprint density at radius 3 is 2.24 bits per heavy atom. The maximum atomic E-state index is 8.75. The van der Waals surface area contributed by atoms with Crippen molar-refractivity contribution in [2.24, 2.45) is 0 Å². The second-order valence-corrected chi connectivity index (χ2v) is 5.94. The van der Waals surface area contributed by atoms with Gasteiger partial charge in [-0.1, -0.05) is 30.3 Å². The molecule has 1 atom stereocenters. The zero-order valence-corrected chi connectivity index (χ0v) is 10.6. The number of nitrogens with zero attached hydrogens (tertiary/aromatic N) is 1. The Morgan fingerprint density at radius 2 is 1.65 bits per heavy atom. The summed E-state index contributed by atoms with van der Waals surface area (Å²) >= 11 is 0. The fourth-order valence-corrected chi connectivity index (χ4v) is 3.13. The van der Waals surface area contributed by atoms with Crippen molar-refractivity contribution in [2.75, 3.05) is 6.26 Å². The minimum Gasteiger partial charge on any atom is -0.192 e. The van der Waals surface area contributed by atoms with Crippen molar-refractivity contribution < 1.29 is 0 Å². The molecule has 0 aromatic heterocycles. The molecule has 84 valence electrons. The third-order valence-corrected chi connectivity index (χ3v) is 4.46. The Bertz CT molecular complexity index is 511. The van der Waals surface area contributed by atoms with Crippen LogP contribution in [-0.4, -0.2) is 6.26 Å². The third-order valence-electron chi connectivity index (χ3n) is 2.61. The van der Waals surface area contributed by atoms with Crippen LogP contribution in [0.25, 0.3) is 0 Å². The summed E-state index contributed by atoms with van der Waals surface area (Å²) in [5, 5.41) is 8.75. The number of hydrogen-bond acceptors (Lipinski definition) is 1. The minimum absolute atomic E-state index is 0.196. The largest absolute Gasteiger partial charge is 0.192 e. The molecule has 2 heteroatoms. The maximum Gasteiger partial charge on any atom is 0.155 e. The molecule has 2 rings (SSSR count). The molecule has 17 heavy (non-hydrogen) atoms. The van der Waals surface area contributed by atoms with Crippen molar-refractivity contribution in [3.63, 3.8) is 0 Å². The zero-order valence-electron chi connectivity index (χ0n) is 9.76. The summed E-state index contributed by atoms with van der Waals surface area (Å²) in [6.07, 6.45) is 2.24. The molecule has 0 aliphatic carbocycles. The van der Waals surface area contributed by atoms with Gasteiger partial charge in [-0.3, -0.25) is 0 Å². The van der Waals surface area contributed by atoms with Crippen molar-refractivity contribution in [3.8, 4) is 6.07 Å². The smallest absolute Gasteiger partial charge is 0.155 e. The number of hydrogen-bond donors (Lipinski definition) is 0. The summed E-state index contributed by atoms with van der Waals surface area (Å²) in [6, 6.07) is 20.6. The van der Waals surface area contributed by atoms with Gasteiger partial charge in [0.2, 0.25) is 0 Å². The van der Waals surface area contributed by atoms with Crippen LogP contribution in [0.2, 0.25) is 0 Å². The molecular weight excluding hydrogens is 226 g/mol. The van der Waals surface area contributed by atoms with E-state index < -0.39 is 0 Å². The lowest BCUT2D eigenvalue weighted by Crippen LogP contribution is -2.03. The van der Waals surface area contributed by atoms with Gasteiger partial charge in [-0.2, -0.15) is 5.26 Å². The van der Waals surface area contributed by atoms with Crippen LogP contribution in [0.1, 0.15) is 11.1 Å². The number of nitriles is 1. The van der Waals surface area contributed by atoms with Crippen LogP contribution in [0.15, 0.2) is 59.5 Å². The molecule has 0 aliphatic rings. The molecule has 0 N–H and O–H groups in total. The molecule has 0 fully saturated rings. The lowest BCUT2D eigenvalue weighted by molar-refractivity contribution is 1.35. The predicted octanol–water partition coefficient (Wildman–Crippen LogP) is 3.37. The van der Waals surface area contributed by atoms with Gasteiger partial charge in [0.25, 0.3) is 0 Å². The average Bonchev–Trinajstić information content (AvgIpc) is 2.40. The maximum absolute atomic E-state index is 8.75. The quantitative estimate of drug-likeness (QED) is 0.755. The van der Waals surface area contributed by atoms with Gasteiger partial charge in [0.15, 0.2) is 4.90 Å². The molecule has 0 bridgehead atoms. The topological polar surface area (TPSA) is 23.8 Å². The van der Waals surface area contributed by atoms with Gasteiger partial charge in [0.1, 0.15) is 12.0 Å². The summed E-state index contributed by atoms with van der Waals surface area (Å²) in [4.78, 5) is 1.31. The van der Waals surface area contributed by atoms with Crippen LogP contribution >= 0.6 is 0 Å². The Balaban J connectivity index is 2.10. The fourth-order valence-electron chi connectivity index (χ4n) is 1.67. The summed E-state index contributed by atoms with van der Waals surface area (Å²) in [7, 11) is 0.196. The summed E-state index contributed by atoms with van der Waals surface area (Å²) in [5.41, 5.74) is 2.09. The van der Waals surface area contributed by atoms with Crippen molar-refractivity contribution in [3.05, 3.63) is 65.7 Å². The van der Waals surface area contributed by atoms with Gasteiger partial charge in [-0.15, -0.1) is 0 Å². The highest BCUT2D eigenvalue weighted by atomic mass is 32.2. The SMILES string of the molecule is C[S+](Cc1ccccc1)c1ccc(C#N)cc1. The van der Waals surface area contributed by atoms with Crippen LogP contribution in [0.4, 0.5) is 0 Å². The Labute approximate surface area is 105 Å². The van der Waals surface area contributed by atoms with Crippen molar-refractivity contribution >= 4 is 10.9 Å². The first kappa shape index (κ1) is 11.8. The lowest BCUT2D eigenvalue weighted by atomic mass is 10.2. The van der Waals surface area contributed by atoms with E-state index in [2.05, 4.69) is 48.7 Å². The van der Waals surface area contributed by atoms with Crippen molar-refractivity contribution in [2.45, 2.75) is 10.6 Å². The van der Waals surface area contributed by atoms with Gasteiger partial charge in [0, 0.05) is 16.5 Å². The lowest BCUT2D eigenvalue weighted by Gasteiger charge is -2.03. The van der Waals surface area contributed by atoms with Gasteiger partial charge in [0.05, 0.1) is 11.6 Å². The van der Waals surface area contributed by atoms with E-state index in [1.807, 2.05) is 18.2 Å². The Kier molecular flexibility index (Phi) is 3.85. The highest BCUT2D eigenvalue weighted by Crippen LogP contribution is 2.17. The number of rotatable bonds is 3. The van der Waals surface area contributed by atoms with Crippen LogP contribution in [0, 0.1) is 11.3 Å². The molecule has 2 aromatic carbocycles. The van der Waals surface area contributed by atoms with Gasteiger partial charge < -0.3 is 0 Å². The first-order valence-corrected chi connectivity index (χ1v) is 7.26. The first-order chi connectivity index (χ1) is 8.29. The standard InChI is InChI=1S/C15H14NS/c1-17(12-14-5-3-2-4-6-14)15-9-7-13(11-16)8-10-15/h2-10H,12H2,1H3/q+1. The molecule has 0 saturated carbocycles. The molecule has 0 amide bonds. The van der Waals surface area contributed by atoms with Crippen LogP contribution in [0.5, 0.6) is 0 Å². The molecule has 1 nitrogen and oxygen atoms in total. The van der Waals surface area contributed by atoms with E-state index in [1.165, 1.54) is 10.5 Å².